The molecule has 0 fully saturated rings. The van der Waals surface area contributed by atoms with Crippen molar-refractivity contribution in [2.24, 2.45) is 0 Å². The van der Waals surface area contributed by atoms with Crippen molar-refractivity contribution >= 4 is 0 Å². The zero-order valence-electron chi connectivity index (χ0n) is 8.33. The second-order valence-electron chi connectivity index (χ2n) is 3.20. The van der Waals surface area contributed by atoms with Crippen LogP contribution in [-0.2, 0) is 11.2 Å². The number of rotatable bonds is 6. The first-order valence-electron chi connectivity index (χ1n) is 5.05. The molecule has 1 aromatic carbocycles. The molecule has 0 radical (unpaired) electrons. The molecule has 1 rings (SSSR count). The average molecular weight is 178 g/mol. The molecule has 0 N–H and O–H groups in total. The predicted molar refractivity (Wildman–Crippen MR) is 55.9 cm³/mol. The number of aryl methyl sites for hydroxylation is 1. The quantitative estimate of drug-likeness (QED) is 0.608. The van der Waals surface area contributed by atoms with Crippen LogP contribution in [-0.4, -0.2) is 13.2 Å². The fourth-order valence-electron chi connectivity index (χ4n) is 1.27. The van der Waals surface area contributed by atoms with Crippen molar-refractivity contribution in [3.05, 3.63) is 35.9 Å². The lowest BCUT2D eigenvalue weighted by Gasteiger charge is -2.02. The molecule has 0 unspecified atom stereocenters. The topological polar surface area (TPSA) is 9.23 Å². The molecule has 1 heteroatoms. The second-order valence-corrected chi connectivity index (χ2v) is 3.20. The molecule has 0 aliphatic carbocycles. The molecule has 1 nitrogen and oxygen atoms in total. The number of ether oxygens (including phenoxy) is 1. The lowest BCUT2D eigenvalue weighted by molar-refractivity contribution is 0.132. The third-order valence-corrected chi connectivity index (χ3v) is 1.95. The zero-order valence-corrected chi connectivity index (χ0v) is 8.33. The Balaban J connectivity index is 2.07. The van der Waals surface area contributed by atoms with Crippen molar-refractivity contribution in [2.75, 3.05) is 13.2 Å². The van der Waals surface area contributed by atoms with Crippen LogP contribution in [0.4, 0.5) is 0 Å². The van der Waals surface area contributed by atoms with E-state index in [0.717, 1.165) is 32.5 Å². The molecule has 0 bridgehead atoms. The van der Waals surface area contributed by atoms with Crippen LogP contribution in [0.25, 0.3) is 0 Å². The summed E-state index contributed by atoms with van der Waals surface area (Å²) in [6, 6.07) is 10.6. The molecule has 0 aromatic heterocycles. The standard InChI is InChI=1S/C12H18O/c1-2-10-13-11-6-9-12-7-4-3-5-8-12/h3-5,7-8H,2,6,9-11H2,1H3. The van der Waals surface area contributed by atoms with E-state index in [-0.39, 0.29) is 0 Å². The second kappa shape index (κ2) is 6.67. The van der Waals surface area contributed by atoms with Crippen molar-refractivity contribution < 1.29 is 4.74 Å². The zero-order chi connectivity index (χ0) is 9.36. The Morgan fingerprint density at radius 3 is 2.54 bits per heavy atom. The van der Waals surface area contributed by atoms with Crippen LogP contribution < -0.4 is 0 Å². The summed E-state index contributed by atoms with van der Waals surface area (Å²) < 4.78 is 5.40. The maximum Gasteiger partial charge on any atom is 0.0469 e. The molecule has 0 saturated heterocycles. The first-order chi connectivity index (χ1) is 6.43. The highest BCUT2D eigenvalue weighted by Gasteiger charge is 1.91. The summed E-state index contributed by atoms with van der Waals surface area (Å²) in [4.78, 5) is 0. The van der Waals surface area contributed by atoms with Gasteiger partial charge in [0, 0.05) is 13.2 Å². The maximum atomic E-state index is 5.40. The van der Waals surface area contributed by atoms with Crippen LogP contribution >= 0.6 is 0 Å². The van der Waals surface area contributed by atoms with Gasteiger partial charge in [0.1, 0.15) is 0 Å². The smallest absolute Gasteiger partial charge is 0.0469 e. The van der Waals surface area contributed by atoms with Gasteiger partial charge < -0.3 is 4.74 Å². The molecule has 0 heterocycles. The van der Waals surface area contributed by atoms with Crippen molar-refractivity contribution in [3.8, 4) is 0 Å². The molecule has 1 aromatic rings. The fourth-order valence-corrected chi connectivity index (χ4v) is 1.27. The first kappa shape index (κ1) is 10.3. The van der Waals surface area contributed by atoms with Crippen molar-refractivity contribution in [3.63, 3.8) is 0 Å². The molecule has 13 heavy (non-hydrogen) atoms. The molecule has 0 spiro atoms. The number of benzene rings is 1. The molecule has 0 amide bonds. The van der Waals surface area contributed by atoms with Gasteiger partial charge in [0.25, 0.3) is 0 Å². The minimum atomic E-state index is 0.892. The van der Waals surface area contributed by atoms with E-state index < -0.39 is 0 Å². The van der Waals surface area contributed by atoms with Crippen molar-refractivity contribution in [1.82, 2.24) is 0 Å². The molecule has 0 atom stereocenters. The van der Waals surface area contributed by atoms with Crippen LogP contribution in [0, 0.1) is 0 Å². The van der Waals surface area contributed by atoms with Gasteiger partial charge in [-0.3, -0.25) is 0 Å². The van der Waals surface area contributed by atoms with E-state index >= 15 is 0 Å². The highest BCUT2D eigenvalue weighted by Crippen LogP contribution is 2.02. The summed E-state index contributed by atoms with van der Waals surface area (Å²) in [5.74, 6) is 0. The SMILES string of the molecule is CCCOCCCc1ccccc1. The molecule has 0 aliphatic rings. The van der Waals surface area contributed by atoms with E-state index in [0.29, 0.717) is 0 Å². The highest BCUT2D eigenvalue weighted by molar-refractivity contribution is 5.14. The van der Waals surface area contributed by atoms with E-state index in [9.17, 15) is 0 Å². The van der Waals surface area contributed by atoms with Crippen LogP contribution in [0.2, 0.25) is 0 Å². The van der Waals surface area contributed by atoms with Gasteiger partial charge in [-0.1, -0.05) is 37.3 Å². The van der Waals surface area contributed by atoms with Crippen LogP contribution in [0.3, 0.4) is 0 Å². The van der Waals surface area contributed by atoms with E-state index in [1.807, 2.05) is 0 Å². The third kappa shape index (κ3) is 4.69. The highest BCUT2D eigenvalue weighted by atomic mass is 16.5. The predicted octanol–water partition coefficient (Wildman–Crippen LogP) is 3.05. The number of hydrogen-bond acceptors (Lipinski definition) is 1. The molecular formula is C12H18O. The Morgan fingerprint density at radius 1 is 1.08 bits per heavy atom. The number of hydrogen-bond donors (Lipinski definition) is 0. The van der Waals surface area contributed by atoms with Gasteiger partial charge in [0.2, 0.25) is 0 Å². The minimum Gasteiger partial charge on any atom is -0.381 e. The lowest BCUT2D eigenvalue weighted by Crippen LogP contribution is -1.97. The van der Waals surface area contributed by atoms with E-state index in [4.69, 9.17) is 4.74 Å². The lowest BCUT2D eigenvalue weighted by atomic mass is 10.1. The van der Waals surface area contributed by atoms with Gasteiger partial charge in [-0.25, -0.2) is 0 Å². The average Bonchev–Trinajstić information content (AvgIpc) is 2.19. The normalized spacial score (nSPS) is 10.2. The summed E-state index contributed by atoms with van der Waals surface area (Å²) in [6.07, 6.45) is 3.37. The summed E-state index contributed by atoms with van der Waals surface area (Å²) in [5, 5.41) is 0. The van der Waals surface area contributed by atoms with Gasteiger partial charge in [0.05, 0.1) is 0 Å². The van der Waals surface area contributed by atoms with Crippen LogP contribution in [0.15, 0.2) is 30.3 Å². The minimum absolute atomic E-state index is 0.892. The van der Waals surface area contributed by atoms with E-state index in [2.05, 4.69) is 37.3 Å². The maximum absolute atomic E-state index is 5.40. The molecular weight excluding hydrogens is 160 g/mol. The first-order valence-corrected chi connectivity index (χ1v) is 5.05. The van der Waals surface area contributed by atoms with E-state index in [1.54, 1.807) is 0 Å². The Morgan fingerprint density at radius 2 is 1.85 bits per heavy atom. The summed E-state index contributed by atoms with van der Waals surface area (Å²) in [5.41, 5.74) is 1.41. The molecule has 0 aliphatic heterocycles. The van der Waals surface area contributed by atoms with Gasteiger partial charge in [-0.05, 0) is 24.8 Å². The Labute approximate surface area is 80.7 Å². The summed E-state index contributed by atoms with van der Waals surface area (Å²) in [6.45, 7) is 3.93. The van der Waals surface area contributed by atoms with E-state index in [1.165, 1.54) is 5.56 Å². The van der Waals surface area contributed by atoms with Crippen molar-refractivity contribution in [1.29, 1.82) is 0 Å². The Kier molecular flexibility index (Phi) is 5.27. The summed E-state index contributed by atoms with van der Waals surface area (Å²) >= 11 is 0. The van der Waals surface area contributed by atoms with Gasteiger partial charge in [-0.15, -0.1) is 0 Å². The van der Waals surface area contributed by atoms with Gasteiger partial charge >= 0.3 is 0 Å². The summed E-state index contributed by atoms with van der Waals surface area (Å²) in [7, 11) is 0. The van der Waals surface area contributed by atoms with Crippen LogP contribution in [0.5, 0.6) is 0 Å². The van der Waals surface area contributed by atoms with Crippen molar-refractivity contribution in [2.45, 2.75) is 26.2 Å². The molecule has 72 valence electrons. The van der Waals surface area contributed by atoms with Gasteiger partial charge in [-0.2, -0.15) is 0 Å². The Bertz CT molecular complexity index is 206. The Hall–Kier alpha value is -0.820. The monoisotopic (exact) mass is 178 g/mol. The third-order valence-electron chi connectivity index (χ3n) is 1.95. The van der Waals surface area contributed by atoms with Crippen LogP contribution in [0.1, 0.15) is 25.3 Å². The van der Waals surface area contributed by atoms with Gasteiger partial charge in [0.15, 0.2) is 0 Å². The largest absolute Gasteiger partial charge is 0.381 e. The molecule has 0 saturated carbocycles. The fraction of sp³-hybridized carbons (Fsp3) is 0.500.